The summed E-state index contributed by atoms with van der Waals surface area (Å²) in [7, 11) is 1.76. The molecule has 1 aromatic heterocycles. The smallest absolute Gasteiger partial charge is 0.261 e. The molecule has 0 bridgehead atoms. The van der Waals surface area contributed by atoms with E-state index >= 15 is 0 Å². The van der Waals surface area contributed by atoms with Gasteiger partial charge in [-0.05, 0) is 56.4 Å². The number of ether oxygens (including phenoxy) is 1. The molecule has 5 nitrogen and oxygen atoms in total. The van der Waals surface area contributed by atoms with Crippen LogP contribution in [0.2, 0.25) is 10.0 Å². The average Bonchev–Trinajstić information content (AvgIpc) is 3.04. The highest BCUT2D eigenvalue weighted by Crippen LogP contribution is 2.39. The summed E-state index contributed by atoms with van der Waals surface area (Å²) >= 11 is 12.5. The number of hydrogen-bond acceptors (Lipinski definition) is 3. The van der Waals surface area contributed by atoms with Gasteiger partial charge >= 0.3 is 0 Å². The third kappa shape index (κ3) is 4.17. The van der Waals surface area contributed by atoms with E-state index in [0.717, 1.165) is 19.3 Å². The average molecular weight is 458 g/mol. The van der Waals surface area contributed by atoms with Gasteiger partial charge in [-0.1, -0.05) is 53.5 Å². The molecule has 3 aromatic rings. The van der Waals surface area contributed by atoms with E-state index in [1.54, 1.807) is 29.9 Å². The van der Waals surface area contributed by atoms with Crippen LogP contribution in [0.3, 0.4) is 0 Å². The molecule has 0 radical (unpaired) electrons. The fourth-order valence-corrected chi connectivity index (χ4v) is 4.60. The molecule has 162 valence electrons. The van der Waals surface area contributed by atoms with Gasteiger partial charge in [0.15, 0.2) is 0 Å². The molecule has 31 heavy (non-hydrogen) atoms. The quantitative estimate of drug-likeness (QED) is 0.448. The number of rotatable bonds is 4. The Bertz CT molecular complexity index is 1130. The first kappa shape index (κ1) is 21.7. The van der Waals surface area contributed by atoms with Gasteiger partial charge in [-0.3, -0.25) is 4.79 Å². The van der Waals surface area contributed by atoms with Crippen LogP contribution in [-0.2, 0) is 7.05 Å². The van der Waals surface area contributed by atoms with Crippen molar-refractivity contribution in [3.05, 3.63) is 74.9 Å². The van der Waals surface area contributed by atoms with Crippen molar-refractivity contribution >= 4 is 29.1 Å². The first-order valence-corrected chi connectivity index (χ1v) is 11.2. The van der Waals surface area contributed by atoms with E-state index in [2.05, 4.69) is 24.2 Å². The Morgan fingerprint density at radius 2 is 1.87 bits per heavy atom. The maximum atomic E-state index is 13.8. The molecule has 4 rings (SSSR count). The van der Waals surface area contributed by atoms with Crippen LogP contribution in [-0.4, -0.2) is 27.1 Å². The Kier molecular flexibility index (Phi) is 6.26. The van der Waals surface area contributed by atoms with E-state index in [1.807, 2.05) is 24.0 Å². The number of piperidine rings is 1. The Hall–Kier alpha value is -2.50. The van der Waals surface area contributed by atoms with Crippen molar-refractivity contribution in [2.75, 3.05) is 6.54 Å². The molecule has 1 unspecified atom stereocenters. The highest BCUT2D eigenvalue weighted by molar-refractivity contribution is 6.42. The van der Waals surface area contributed by atoms with Gasteiger partial charge in [0.25, 0.3) is 5.91 Å². The van der Waals surface area contributed by atoms with E-state index in [9.17, 15) is 4.79 Å². The number of carbonyl (C=O) groups is 1. The molecule has 1 fully saturated rings. The first-order valence-electron chi connectivity index (χ1n) is 10.4. The number of aromatic nitrogens is 2. The highest BCUT2D eigenvalue weighted by atomic mass is 35.5. The minimum atomic E-state index is -0.0771. The standard InChI is InChI=1S/C24H25Cl2N3O2/c1-15-9-4-5-10-17(15)19-12-6-7-14-29(19)23(30)21-16(2)27-28(3)24(21)31-20-13-8-11-18(25)22(20)26/h4-5,8-11,13,19H,6-7,12,14H2,1-3H3. The van der Waals surface area contributed by atoms with Crippen LogP contribution in [0, 0.1) is 13.8 Å². The van der Waals surface area contributed by atoms with E-state index in [1.165, 1.54) is 11.1 Å². The topological polar surface area (TPSA) is 47.4 Å². The maximum absolute atomic E-state index is 13.8. The lowest BCUT2D eigenvalue weighted by molar-refractivity contribution is 0.0607. The van der Waals surface area contributed by atoms with Gasteiger partial charge in [0.05, 0.1) is 16.8 Å². The van der Waals surface area contributed by atoms with E-state index in [4.69, 9.17) is 27.9 Å². The second-order valence-corrected chi connectivity index (χ2v) is 8.70. The lowest BCUT2D eigenvalue weighted by Crippen LogP contribution is -2.39. The van der Waals surface area contributed by atoms with Gasteiger partial charge in [-0.2, -0.15) is 5.10 Å². The van der Waals surface area contributed by atoms with Crippen molar-refractivity contribution in [1.82, 2.24) is 14.7 Å². The molecule has 2 heterocycles. The van der Waals surface area contributed by atoms with Crippen LogP contribution in [0.5, 0.6) is 11.6 Å². The van der Waals surface area contributed by atoms with Gasteiger partial charge in [-0.25, -0.2) is 4.68 Å². The molecule has 0 N–H and O–H groups in total. The van der Waals surface area contributed by atoms with Crippen LogP contribution in [0.1, 0.15) is 52.5 Å². The fourth-order valence-electron chi connectivity index (χ4n) is 4.27. The Balaban J connectivity index is 1.73. The zero-order chi connectivity index (χ0) is 22.1. The summed E-state index contributed by atoms with van der Waals surface area (Å²) in [5.41, 5.74) is 3.46. The molecule has 7 heteroatoms. The molecular formula is C24H25Cl2N3O2. The third-order valence-electron chi connectivity index (χ3n) is 5.82. The molecule has 2 aromatic carbocycles. The van der Waals surface area contributed by atoms with E-state index in [0.29, 0.717) is 39.5 Å². The van der Waals surface area contributed by atoms with E-state index < -0.39 is 0 Å². The number of benzene rings is 2. The summed E-state index contributed by atoms with van der Waals surface area (Å²) < 4.78 is 7.66. The van der Waals surface area contributed by atoms with E-state index in [-0.39, 0.29) is 11.9 Å². The third-order valence-corrected chi connectivity index (χ3v) is 6.62. The number of halogens is 2. The molecule has 1 saturated heterocycles. The van der Waals surface area contributed by atoms with Crippen molar-refractivity contribution in [2.45, 2.75) is 39.2 Å². The number of aryl methyl sites for hydroxylation is 3. The normalized spacial score (nSPS) is 16.4. The Morgan fingerprint density at radius 1 is 1.10 bits per heavy atom. The van der Waals surface area contributed by atoms with Crippen LogP contribution < -0.4 is 4.74 Å². The first-order chi connectivity index (χ1) is 14.9. The van der Waals surface area contributed by atoms with Crippen LogP contribution in [0.4, 0.5) is 0 Å². The molecule has 1 aliphatic rings. The second kappa shape index (κ2) is 8.93. The highest BCUT2D eigenvalue weighted by Gasteiger charge is 2.34. The van der Waals surface area contributed by atoms with Gasteiger partial charge in [0, 0.05) is 13.6 Å². The molecule has 0 spiro atoms. The summed E-state index contributed by atoms with van der Waals surface area (Å²) in [6.07, 6.45) is 3.01. The minimum Gasteiger partial charge on any atom is -0.437 e. The molecule has 0 aliphatic carbocycles. The zero-order valence-electron chi connectivity index (χ0n) is 17.9. The predicted molar refractivity (Wildman–Crippen MR) is 123 cm³/mol. The van der Waals surface area contributed by atoms with Crippen molar-refractivity contribution in [2.24, 2.45) is 7.05 Å². The minimum absolute atomic E-state index is 0.0321. The monoisotopic (exact) mass is 457 g/mol. The van der Waals surface area contributed by atoms with Gasteiger partial charge in [-0.15, -0.1) is 0 Å². The lowest BCUT2D eigenvalue weighted by atomic mass is 9.91. The van der Waals surface area contributed by atoms with Gasteiger partial charge in [0.2, 0.25) is 5.88 Å². The summed E-state index contributed by atoms with van der Waals surface area (Å²) in [6.45, 7) is 4.62. The number of amides is 1. The Labute approximate surface area is 192 Å². The summed E-state index contributed by atoms with van der Waals surface area (Å²) in [5, 5.41) is 5.15. The Morgan fingerprint density at radius 3 is 2.65 bits per heavy atom. The fraction of sp³-hybridized carbons (Fsp3) is 0.333. The largest absolute Gasteiger partial charge is 0.437 e. The maximum Gasteiger partial charge on any atom is 0.261 e. The molecule has 1 amide bonds. The number of hydrogen-bond donors (Lipinski definition) is 0. The van der Waals surface area contributed by atoms with Crippen LogP contribution in [0.15, 0.2) is 42.5 Å². The lowest BCUT2D eigenvalue weighted by Gasteiger charge is -2.37. The summed E-state index contributed by atoms with van der Waals surface area (Å²) in [5.74, 6) is 0.674. The van der Waals surface area contributed by atoms with Gasteiger partial charge < -0.3 is 9.64 Å². The SMILES string of the molecule is Cc1ccccc1C1CCCCN1C(=O)c1c(C)nn(C)c1Oc1cccc(Cl)c1Cl. The number of nitrogens with zero attached hydrogens (tertiary/aromatic N) is 3. The zero-order valence-corrected chi connectivity index (χ0v) is 19.4. The molecular weight excluding hydrogens is 433 g/mol. The van der Waals surface area contributed by atoms with Crippen LogP contribution in [0.25, 0.3) is 0 Å². The van der Waals surface area contributed by atoms with Crippen molar-refractivity contribution in [3.8, 4) is 11.6 Å². The van der Waals surface area contributed by atoms with Crippen LogP contribution >= 0.6 is 23.2 Å². The second-order valence-electron chi connectivity index (χ2n) is 7.91. The molecule has 1 atom stereocenters. The number of likely N-dealkylation sites (tertiary alicyclic amines) is 1. The molecule has 1 aliphatic heterocycles. The summed E-state index contributed by atoms with van der Waals surface area (Å²) in [6, 6.07) is 13.5. The van der Waals surface area contributed by atoms with Crippen molar-refractivity contribution < 1.29 is 9.53 Å². The summed E-state index contributed by atoms with van der Waals surface area (Å²) in [4.78, 5) is 15.8. The van der Waals surface area contributed by atoms with Gasteiger partial charge in [0.1, 0.15) is 16.3 Å². The van der Waals surface area contributed by atoms with Crippen molar-refractivity contribution in [1.29, 1.82) is 0 Å². The van der Waals surface area contributed by atoms with Crippen molar-refractivity contribution in [3.63, 3.8) is 0 Å². The molecule has 0 saturated carbocycles. The predicted octanol–water partition coefficient (Wildman–Crippen LogP) is 6.50. The number of carbonyl (C=O) groups excluding carboxylic acids is 1.